The molecule has 0 aliphatic carbocycles. The zero-order valence-electron chi connectivity index (χ0n) is 10.2. The minimum absolute atomic E-state index is 0.276. The molecule has 3 N–H and O–H groups in total. The number of aliphatic hydroxyl groups is 1. The maximum Gasteiger partial charge on any atom is 0.335 e. The molecule has 0 amide bonds. The summed E-state index contributed by atoms with van der Waals surface area (Å²) in [4.78, 5) is 10.8. The van der Waals surface area contributed by atoms with Crippen LogP contribution >= 0.6 is 11.3 Å². The van der Waals surface area contributed by atoms with E-state index in [9.17, 15) is 9.90 Å². The van der Waals surface area contributed by atoms with Crippen molar-refractivity contribution in [1.82, 2.24) is 5.32 Å². The van der Waals surface area contributed by atoms with Crippen LogP contribution in [-0.4, -0.2) is 22.7 Å². The summed E-state index contributed by atoms with van der Waals surface area (Å²) in [6.07, 6.45) is -0.533. The molecule has 1 heterocycles. The molecule has 0 saturated carbocycles. The van der Waals surface area contributed by atoms with Gasteiger partial charge in [0.2, 0.25) is 0 Å². The topological polar surface area (TPSA) is 69.6 Å². The molecule has 0 radical (unpaired) electrons. The molecule has 1 aromatic carbocycles. The van der Waals surface area contributed by atoms with Gasteiger partial charge < -0.3 is 15.5 Å². The summed E-state index contributed by atoms with van der Waals surface area (Å²) < 4.78 is 0. The number of thiophene rings is 1. The lowest BCUT2D eigenvalue weighted by Crippen LogP contribution is -2.20. The van der Waals surface area contributed by atoms with E-state index in [1.165, 1.54) is 0 Å². The van der Waals surface area contributed by atoms with Crippen LogP contribution in [0.2, 0.25) is 0 Å². The molecule has 0 fully saturated rings. The Hall–Kier alpha value is -1.69. The van der Waals surface area contributed by atoms with Crippen molar-refractivity contribution in [2.24, 2.45) is 0 Å². The van der Waals surface area contributed by atoms with Crippen molar-refractivity contribution in [2.75, 3.05) is 6.54 Å². The normalized spacial score (nSPS) is 12.3. The molecule has 2 aromatic rings. The van der Waals surface area contributed by atoms with Crippen molar-refractivity contribution in [3.05, 3.63) is 57.8 Å². The zero-order chi connectivity index (χ0) is 13.7. The number of hydrogen-bond acceptors (Lipinski definition) is 4. The first-order valence-electron chi connectivity index (χ1n) is 5.90. The van der Waals surface area contributed by atoms with Gasteiger partial charge in [-0.3, -0.25) is 0 Å². The van der Waals surface area contributed by atoms with Crippen molar-refractivity contribution >= 4 is 17.3 Å². The summed E-state index contributed by atoms with van der Waals surface area (Å²) in [6.45, 7) is 0.969. The van der Waals surface area contributed by atoms with Gasteiger partial charge in [0, 0.05) is 13.1 Å². The summed E-state index contributed by atoms with van der Waals surface area (Å²) in [5, 5.41) is 25.7. The molecular weight excluding hydrogens is 262 g/mol. The molecule has 0 saturated heterocycles. The van der Waals surface area contributed by atoms with Crippen LogP contribution in [0.5, 0.6) is 0 Å². The highest BCUT2D eigenvalue weighted by Gasteiger charge is 2.07. The molecule has 2 rings (SSSR count). The Balaban J connectivity index is 1.86. The SMILES string of the molecule is O=C(O)c1cccc(CNCC(O)c2ccsc2)c1. The fraction of sp³-hybridized carbons (Fsp3) is 0.214. The Labute approximate surface area is 115 Å². The number of benzene rings is 1. The molecule has 0 bridgehead atoms. The molecule has 100 valence electrons. The maximum absolute atomic E-state index is 10.8. The van der Waals surface area contributed by atoms with Crippen LogP contribution in [0, 0.1) is 0 Å². The van der Waals surface area contributed by atoms with Gasteiger partial charge in [0.05, 0.1) is 11.7 Å². The standard InChI is InChI=1S/C14H15NO3S/c16-13(12-4-5-19-9-12)8-15-7-10-2-1-3-11(6-10)14(17)18/h1-6,9,13,15-16H,7-8H2,(H,17,18). The van der Waals surface area contributed by atoms with Crippen LogP contribution < -0.4 is 5.32 Å². The number of aliphatic hydroxyl groups excluding tert-OH is 1. The van der Waals surface area contributed by atoms with Crippen molar-refractivity contribution in [3.63, 3.8) is 0 Å². The van der Waals surface area contributed by atoms with Gasteiger partial charge in [-0.2, -0.15) is 11.3 Å². The Morgan fingerprint density at radius 3 is 2.89 bits per heavy atom. The number of carboxylic acids is 1. The number of carbonyl (C=O) groups is 1. The molecular formula is C14H15NO3S. The third-order valence-electron chi connectivity index (χ3n) is 2.77. The maximum atomic E-state index is 10.8. The first-order chi connectivity index (χ1) is 9.16. The average Bonchev–Trinajstić information content (AvgIpc) is 2.93. The van der Waals surface area contributed by atoms with Crippen molar-refractivity contribution in [2.45, 2.75) is 12.6 Å². The van der Waals surface area contributed by atoms with Crippen LogP contribution in [0.25, 0.3) is 0 Å². The van der Waals surface area contributed by atoms with Gasteiger partial charge in [-0.1, -0.05) is 12.1 Å². The fourth-order valence-corrected chi connectivity index (χ4v) is 2.46. The lowest BCUT2D eigenvalue weighted by atomic mass is 10.1. The second-order valence-electron chi connectivity index (χ2n) is 4.21. The highest BCUT2D eigenvalue weighted by atomic mass is 32.1. The number of rotatable bonds is 6. The average molecular weight is 277 g/mol. The second-order valence-corrected chi connectivity index (χ2v) is 4.99. The second kappa shape index (κ2) is 6.47. The minimum Gasteiger partial charge on any atom is -0.478 e. The van der Waals surface area contributed by atoms with Crippen LogP contribution in [0.3, 0.4) is 0 Å². The van der Waals surface area contributed by atoms with E-state index in [4.69, 9.17) is 5.11 Å². The molecule has 1 aromatic heterocycles. The largest absolute Gasteiger partial charge is 0.478 e. The zero-order valence-corrected chi connectivity index (χ0v) is 11.1. The lowest BCUT2D eigenvalue weighted by Gasteiger charge is -2.10. The van der Waals surface area contributed by atoms with Crippen LogP contribution in [0.15, 0.2) is 41.1 Å². The minimum atomic E-state index is -0.930. The number of aromatic carboxylic acids is 1. The summed E-state index contributed by atoms with van der Waals surface area (Å²) in [6, 6.07) is 8.66. The van der Waals surface area contributed by atoms with E-state index >= 15 is 0 Å². The molecule has 4 nitrogen and oxygen atoms in total. The van der Waals surface area contributed by atoms with Gasteiger partial charge in [-0.05, 0) is 40.1 Å². The molecule has 19 heavy (non-hydrogen) atoms. The van der Waals surface area contributed by atoms with Crippen LogP contribution in [0.1, 0.15) is 27.6 Å². The van der Waals surface area contributed by atoms with Crippen molar-refractivity contribution in [3.8, 4) is 0 Å². The quantitative estimate of drug-likeness (QED) is 0.757. The predicted octanol–water partition coefficient (Wildman–Crippen LogP) is 2.27. The van der Waals surface area contributed by atoms with Gasteiger partial charge >= 0.3 is 5.97 Å². The van der Waals surface area contributed by atoms with Gasteiger partial charge in [0.1, 0.15) is 0 Å². The van der Waals surface area contributed by atoms with E-state index in [0.717, 1.165) is 11.1 Å². The van der Waals surface area contributed by atoms with E-state index in [2.05, 4.69) is 5.32 Å². The molecule has 0 aliphatic rings. The first kappa shape index (κ1) is 13.7. The molecule has 1 atom stereocenters. The van der Waals surface area contributed by atoms with E-state index in [1.807, 2.05) is 22.9 Å². The fourth-order valence-electron chi connectivity index (χ4n) is 1.75. The van der Waals surface area contributed by atoms with Crippen LogP contribution in [-0.2, 0) is 6.54 Å². The predicted molar refractivity (Wildman–Crippen MR) is 74.4 cm³/mol. The number of carboxylic acid groups (broad SMARTS) is 1. The molecule has 0 aliphatic heterocycles. The summed E-state index contributed by atoms with van der Waals surface area (Å²) in [5.41, 5.74) is 2.06. The van der Waals surface area contributed by atoms with E-state index in [0.29, 0.717) is 13.1 Å². The lowest BCUT2D eigenvalue weighted by molar-refractivity contribution is 0.0696. The third-order valence-corrected chi connectivity index (χ3v) is 3.47. The summed E-state index contributed by atoms with van der Waals surface area (Å²) in [7, 11) is 0. The summed E-state index contributed by atoms with van der Waals surface area (Å²) in [5.74, 6) is -0.930. The Morgan fingerprint density at radius 1 is 1.37 bits per heavy atom. The Kier molecular flexibility index (Phi) is 4.68. The third kappa shape index (κ3) is 3.89. The number of nitrogens with one attached hydrogen (secondary N) is 1. The van der Waals surface area contributed by atoms with Gasteiger partial charge in [-0.25, -0.2) is 4.79 Å². The van der Waals surface area contributed by atoms with Gasteiger partial charge in [0.25, 0.3) is 0 Å². The van der Waals surface area contributed by atoms with Crippen molar-refractivity contribution < 1.29 is 15.0 Å². The van der Waals surface area contributed by atoms with Gasteiger partial charge in [0.15, 0.2) is 0 Å². The highest BCUT2D eigenvalue weighted by molar-refractivity contribution is 7.07. The Morgan fingerprint density at radius 2 is 2.21 bits per heavy atom. The van der Waals surface area contributed by atoms with E-state index in [1.54, 1.807) is 29.5 Å². The monoisotopic (exact) mass is 277 g/mol. The van der Waals surface area contributed by atoms with Crippen LogP contribution in [0.4, 0.5) is 0 Å². The Bertz CT molecular complexity index is 539. The molecule has 0 spiro atoms. The summed E-state index contributed by atoms with van der Waals surface area (Å²) >= 11 is 1.55. The van der Waals surface area contributed by atoms with Gasteiger partial charge in [-0.15, -0.1) is 0 Å². The molecule has 1 unspecified atom stereocenters. The van der Waals surface area contributed by atoms with Crippen molar-refractivity contribution in [1.29, 1.82) is 0 Å². The first-order valence-corrected chi connectivity index (χ1v) is 6.84. The van der Waals surface area contributed by atoms with E-state index in [-0.39, 0.29) is 5.56 Å². The highest BCUT2D eigenvalue weighted by Crippen LogP contribution is 2.15. The number of hydrogen-bond donors (Lipinski definition) is 3. The molecule has 5 heteroatoms. The smallest absolute Gasteiger partial charge is 0.335 e. The van der Waals surface area contributed by atoms with E-state index < -0.39 is 12.1 Å².